The second-order valence-electron chi connectivity index (χ2n) is 6.44. The lowest BCUT2D eigenvalue weighted by atomic mass is 9.63. The van der Waals surface area contributed by atoms with Gasteiger partial charge in [0.1, 0.15) is 5.75 Å². The van der Waals surface area contributed by atoms with Gasteiger partial charge in [0.05, 0.1) is 17.5 Å². The van der Waals surface area contributed by atoms with Crippen LogP contribution in [0.1, 0.15) is 19.8 Å². The summed E-state index contributed by atoms with van der Waals surface area (Å²) in [6, 6.07) is 6.59. The lowest BCUT2D eigenvalue weighted by molar-refractivity contribution is -0.132. The maximum Gasteiger partial charge on any atom is 0.308 e. The molecule has 1 aromatic rings. The van der Waals surface area contributed by atoms with Gasteiger partial charge in [-0.05, 0) is 36.8 Å². The molecule has 3 aliphatic carbocycles. The average Bonchev–Trinajstić information content (AvgIpc) is 2.82. The fourth-order valence-corrected chi connectivity index (χ4v) is 4.18. The summed E-state index contributed by atoms with van der Waals surface area (Å²) in [6.45, 7) is 1.32. The number of hydrogen-bond donors (Lipinski definition) is 0. The number of ether oxygens (including phenoxy) is 1. The van der Waals surface area contributed by atoms with E-state index in [0.717, 1.165) is 12.8 Å². The van der Waals surface area contributed by atoms with Crippen molar-refractivity contribution in [3.63, 3.8) is 0 Å². The van der Waals surface area contributed by atoms with Crippen molar-refractivity contribution >= 4 is 23.5 Å². The standard InChI is InChI=1S/C18H17NO4/c1-10(20)23-14-4-2-3-13(9-14)19-17(21)15-11-5-6-12(8-7-11)16(15)18(19)22/h2-6,9,11-12,15-16H,7-8H2,1H3/t11-,12+,15-,16-/m0/s1. The third kappa shape index (κ3) is 2.11. The maximum absolute atomic E-state index is 12.8. The van der Waals surface area contributed by atoms with Crippen LogP contribution in [0.2, 0.25) is 0 Å². The van der Waals surface area contributed by atoms with E-state index >= 15 is 0 Å². The van der Waals surface area contributed by atoms with E-state index in [0.29, 0.717) is 11.4 Å². The van der Waals surface area contributed by atoms with Crippen LogP contribution in [0, 0.1) is 23.7 Å². The Bertz CT molecular complexity index is 706. The summed E-state index contributed by atoms with van der Waals surface area (Å²) in [7, 11) is 0. The molecule has 5 heteroatoms. The Kier molecular flexibility index (Phi) is 3.11. The fraction of sp³-hybridized carbons (Fsp3) is 0.389. The van der Waals surface area contributed by atoms with Crippen LogP contribution in [0.4, 0.5) is 5.69 Å². The molecule has 0 unspecified atom stereocenters. The molecule has 1 saturated carbocycles. The molecule has 4 atom stereocenters. The van der Waals surface area contributed by atoms with E-state index in [9.17, 15) is 14.4 Å². The van der Waals surface area contributed by atoms with Crippen LogP contribution in [-0.4, -0.2) is 17.8 Å². The van der Waals surface area contributed by atoms with Gasteiger partial charge in [0.2, 0.25) is 11.8 Å². The van der Waals surface area contributed by atoms with E-state index in [2.05, 4.69) is 12.2 Å². The van der Waals surface area contributed by atoms with Crippen molar-refractivity contribution in [1.29, 1.82) is 0 Å². The minimum Gasteiger partial charge on any atom is -0.427 e. The van der Waals surface area contributed by atoms with E-state index in [4.69, 9.17) is 4.74 Å². The number of allylic oxidation sites excluding steroid dienone is 2. The monoisotopic (exact) mass is 311 g/mol. The molecule has 118 valence electrons. The van der Waals surface area contributed by atoms with Crippen molar-refractivity contribution in [1.82, 2.24) is 0 Å². The Morgan fingerprint density at radius 1 is 1.09 bits per heavy atom. The first-order chi connectivity index (χ1) is 11.1. The average molecular weight is 311 g/mol. The van der Waals surface area contributed by atoms with Crippen molar-refractivity contribution in [2.24, 2.45) is 23.7 Å². The summed E-state index contributed by atoms with van der Waals surface area (Å²) in [5, 5.41) is 0. The second kappa shape index (κ2) is 5.05. The van der Waals surface area contributed by atoms with Crippen molar-refractivity contribution in [2.45, 2.75) is 19.8 Å². The van der Waals surface area contributed by atoms with E-state index in [1.807, 2.05) is 0 Å². The van der Waals surface area contributed by atoms with E-state index < -0.39 is 5.97 Å². The summed E-state index contributed by atoms with van der Waals surface area (Å²) in [4.78, 5) is 38.0. The molecular weight excluding hydrogens is 294 g/mol. The smallest absolute Gasteiger partial charge is 0.308 e. The molecule has 2 bridgehead atoms. The molecule has 1 heterocycles. The Balaban J connectivity index is 1.69. The Labute approximate surface area is 133 Å². The molecule has 4 aliphatic rings. The highest BCUT2D eigenvalue weighted by Crippen LogP contribution is 2.50. The largest absolute Gasteiger partial charge is 0.427 e. The minimum atomic E-state index is -0.433. The molecule has 0 spiro atoms. The topological polar surface area (TPSA) is 63.7 Å². The van der Waals surface area contributed by atoms with Crippen LogP contribution in [0.5, 0.6) is 5.75 Å². The molecule has 2 fully saturated rings. The van der Waals surface area contributed by atoms with Crippen molar-refractivity contribution in [2.75, 3.05) is 4.90 Å². The number of carbonyl (C=O) groups is 3. The molecule has 2 amide bonds. The first-order valence-corrected chi connectivity index (χ1v) is 7.91. The fourth-order valence-electron chi connectivity index (χ4n) is 4.18. The Hall–Kier alpha value is -2.43. The number of anilines is 1. The van der Waals surface area contributed by atoms with Gasteiger partial charge in [-0.25, -0.2) is 4.90 Å². The zero-order valence-corrected chi connectivity index (χ0v) is 12.8. The first-order valence-electron chi connectivity index (χ1n) is 7.91. The SMILES string of the molecule is CC(=O)Oc1cccc(N2C(=O)[C@@H]3[C@@H](C2=O)[C@H]2C=C[C@@H]3CC2)c1. The molecule has 5 rings (SSSR count). The van der Waals surface area contributed by atoms with Crippen molar-refractivity contribution in [3.8, 4) is 5.75 Å². The van der Waals surface area contributed by atoms with Gasteiger partial charge >= 0.3 is 5.97 Å². The molecule has 1 aromatic carbocycles. The number of nitrogens with zero attached hydrogens (tertiary/aromatic N) is 1. The zero-order valence-electron chi connectivity index (χ0n) is 12.8. The number of fused-ring (bicyclic) bond motifs is 1. The number of rotatable bonds is 2. The Morgan fingerprint density at radius 3 is 2.22 bits per heavy atom. The molecule has 0 aromatic heterocycles. The van der Waals surface area contributed by atoms with E-state index in [1.165, 1.54) is 11.8 Å². The minimum absolute atomic E-state index is 0.126. The van der Waals surface area contributed by atoms with Crippen LogP contribution < -0.4 is 9.64 Å². The van der Waals surface area contributed by atoms with Crippen LogP contribution in [0.25, 0.3) is 0 Å². The van der Waals surface area contributed by atoms with Gasteiger partial charge in [0.25, 0.3) is 0 Å². The molecule has 5 nitrogen and oxygen atoms in total. The molecule has 1 saturated heterocycles. The summed E-state index contributed by atoms with van der Waals surface area (Å²) >= 11 is 0. The lowest BCUT2D eigenvalue weighted by Crippen LogP contribution is -2.38. The molecular formula is C18H17NO4. The van der Waals surface area contributed by atoms with Crippen molar-refractivity contribution < 1.29 is 19.1 Å². The highest BCUT2D eigenvalue weighted by Gasteiger charge is 2.56. The van der Waals surface area contributed by atoms with Crippen LogP contribution >= 0.6 is 0 Å². The van der Waals surface area contributed by atoms with Crippen molar-refractivity contribution in [3.05, 3.63) is 36.4 Å². The highest BCUT2D eigenvalue weighted by atomic mass is 16.5. The van der Waals surface area contributed by atoms with E-state index in [1.54, 1.807) is 24.3 Å². The first kappa shape index (κ1) is 14.2. The molecule has 1 aliphatic heterocycles. The zero-order chi connectivity index (χ0) is 16.1. The molecule has 23 heavy (non-hydrogen) atoms. The normalized spacial score (nSPS) is 31.4. The number of imide groups is 1. The van der Waals surface area contributed by atoms with Gasteiger partial charge in [-0.15, -0.1) is 0 Å². The number of hydrogen-bond acceptors (Lipinski definition) is 4. The second-order valence-corrected chi connectivity index (χ2v) is 6.44. The van der Waals surface area contributed by atoms with Gasteiger partial charge in [-0.3, -0.25) is 14.4 Å². The van der Waals surface area contributed by atoms with E-state index in [-0.39, 0.29) is 35.5 Å². The van der Waals surface area contributed by atoms with Crippen LogP contribution in [-0.2, 0) is 14.4 Å². The summed E-state index contributed by atoms with van der Waals surface area (Å²) < 4.78 is 5.06. The summed E-state index contributed by atoms with van der Waals surface area (Å²) in [5.74, 6) is -0.472. The van der Waals surface area contributed by atoms with Gasteiger partial charge in [0, 0.05) is 13.0 Å². The van der Waals surface area contributed by atoms with Gasteiger partial charge in [-0.2, -0.15) is 0 Å². The molecule has 0 radical (unpaired) electrons. The quantitative estimate of drug-likeness (QED) is 0.364. The van der Waals surface area contributed by atoms with Crippen LogP contribution in [0.15, 0.2) is 36.4 Å². The highest BCUT2D eigenvalue weighted by molar-refractivity contribution is 6.22. The maximum atomic E-state index is 12.8. The van der Waals surface area contributed by atoms with Gasteiger partial charge < -0.3 is 4.74 Å². The number of carbonyl (C=O) groups excluding carboxylic acids is 3. The third-order valence-electron chi connectivity index (χ3n) is 5.10. The number of esters is 1. The Morgan fingerprint density at radius 2 is 1.70 bits per heavy atom. The van der Waals surface area contributed by atoms with Gasteiger partial charge in [0.15, 0.2) is 0 Å². The lowest BCUT2D eigenvalue weighted by Gasteiger charge is -2.38. The summed E-state index contributed by atoms with van der Waals surface area (Å²) in [6.07, 6.45) is 6.14. The predicted octanol–water partition coefficient (Wildman–Crippen LogP) is 2.31. The van der Waals surface area contributed by atoms with Gasteiger partial charge in [-0.1, -0.05) is 18.2 Å². The van der Waals surface area contributed by atoms with Crippen LogP contribution in [0.3, 0.4) is 0 Å². The predicted molar refractivity (Wildman–Crippen MR) is 82.6 cm³/mol. The third-order valence-corrected chi connectivity index (χ3v) is 5.10. The molecule has 0 N–H and O–H groups in total. The number of benzene rings is 1. The number of amides is 2. The summed E-state index contributed by atoms with van der Waals surface area (Å²) in [5.41, 5.74) is 0.479.